The van der Waals surface area contributed by atoms with Gasteiger partial charge in [0.15, 0.2) is 12.4 Å². The molecule has 2 heterocycles. The zero-order valence-electron chi connectivity index (χ0n) is 18.6. The second-order valence-electron chi connectivity index (χ2n) is 8.70. The van der Waals surface area contributed by atoms with Gasteiger partial charge in [0.2, 0.25) is 5.78 Å². The minimum Gasteiger partial charge on any atom is -0.482 e. The van der Waals surface area contributed by atoms with Crippen molar-refractivity contribution in [1.29, 1.82) is 0 Å². The molecule has 0 spiro atoms. The molecule has 2 aliphatic rings. The van der Waals surface area contributed by atoms with Crippen LogP contribution in [0.1, 0.15) is 46.0 Å². The van der Waals surface area contributed by atoms with Crippen molar-refractivity contribution < 1.29 is 14.3 Å². The largest absolute Gasteiger partial charge is 0.482 e. The van der Waals surface area contributed by atoms with Gasteiger partial charge >= 0.3 is 0 Å². The quantitative estimate of drug-likeness (QED) is 0.717. The van der Waals surface area contributed by atoms with Crippen LogP contribution in [0.4, 0.5) is 5.69 Å². The Morgan fingerprint density at radius 2 is 1.77 bits per heavy atom. The van der Waals surface area contributed by atoms with Gasteiger partial charge in [0.05, 0.1) is 11.3 Å². The van der Waals surface area contributed by atoms with Crippen LogP contribution in [-0.2, 0) is 0 Å². The van der Waals surface area contributed by atoms with E-state index in [1.807, 2.05) is 49.5 Å². The van der Waals surface area contributed by atoms with E-state index in [-0.39, 0.29) is 18.3 Å². The van der Waals surface area contributed by atoms with E-state index in [4.69, 9.17) is 4.74 Å². The first-order valence-electron chi connectivity index (χ1n) is 11.1. The zero-order chi connectivity index (χ0) is 22.0. The van der Waals surface area contributed by atoms with Gasteiger partial charge in [0.1, 0.15) is 0 Å². The normalized spacial score (nSPS) is 16.4. The lowest BCUT2D eigenvalue weighted by Gasteiger charge is -2.37. The molecule has 0 aromatic heterocycles. The Labute approximate surface area is 184 Å². The number of fused-ring (bicyclic) bond motifs is 1. The molecular weight excluding hydrogens is 390 g/mol. The highest BCUT2D eigenvalue weighted by Gasteiger charge is 2.27. The summed E-state index contributed by atoms with van der Waals surface area (Å²) in [7, 11) is 1.87. The van der Waals surface area contributed by atoms with Gasteiger partial charge in [-0.1, -0.05) is 32.0 Å². The average Bonchev–Trinajstić information content (AvgIpc) is 3.18. The Bertz CT molecular complexity index is 947. The van der Waals surface area contributed by atoms with Crippen LogP contribution >= 0.6 is 0 Å². The van der Waals surface area contributed by atoms with Crippen LogP contribution in [0.25, 0.3) is 0 Å². The van der Waals surface area contributed by atoms with E-state index in [1.54, 1.807) is 4.90 Å². The summed E-state index contributed by atoms with van der Waals surface area (Å²) in [4.78, 5) is 31.1. The molecule has 0 N–H and O–H groups in total. The number of rotatable bonds is 6. The Morgan fingerprint density at radius 3 is 2.45 bits per heavy atom. The van der Waals surface area contributed by atoms with Crippen molar-refractivity contribution in [2.45, 2.75) is 19.8 Å². The maximum atomic E-state index is 12.7. The minimum absolute atomic E-state index is 0.0574. The zero-order valence-corrected chi connectivity index (χ0v) is 18.6. The maximum absolute atomic E-state index is 12.7. The lowest BCUT2D eigenvalue weighted by atomic mass is 10.0. The molecule has 31 heavy (non-hydrogen) atoms. The van der Waals surface area contributed by atoms with E-state index in [2.05, 4.69) is 23.6 Å². The number of carbonyl (C=O) groups excluding carboxylic acids is 2. The second-order valence-corrected chi connectivity index (χ2v) is 8.70. The highest BCUT2D eigenvalue weighted by Crippen LogP contribution is 2.36. The van der Waals surface area contributed by atoms with Gasteiger partial charge in [-0.25, -0.2) is 0 Å². The summed E-state index contributed by atoms with van der Waals surface area (Å²) < 4.78 is 5.64. The fourth-order valence-electron chi connectivity index (χ4n) is 4.20. The third-order valence-corrected chi connectivity index (χ3v) is 6.28. The number of anilines is 1. The van der Waals surface area contributed by atoms with E-state index in [0.717, 1.165) is 49.7 Å². The van der Waals surface area contributed by atoms with Gasteiger partial charge in [-0.05, 0) is 35.7 Å². The molecule has 0 aliphatic carbocycles. The summed E-state index contributed by atoms with van der Waals surface area (Å²) >= 11 is 0. The van der Waals surface area contributed by atoms with E-state index in [9.17, 15) is 9.59 Å². The molecule has 2 aliphatic heterocycles. The van der Waals surface area contributed by atoms with Crippen molar-refractivity contribution in [3.05, 3.63) is 59.2 Å². The topological polar surface area (TPSA) is 53.1 Å². The minimum atomic E-state index is 0.0574. The van der Waals surface area contributed by atoms with Crippen molar-refractivity contribution >= 4 is 17.4 Å². The first kappa shape index (κ1) is 21.4. The molecule has 164 valence electrons. The van der Waals surface area contributed by atoms with Crippen molar-refractivity contribution in [3.63, 3.8) is 0 Å². The molecule has 0 unspecified atom stereocenters. The lowest BCUT2D eigenvalue weighted by molar-refractivity contribution is 0.0776. The number of hydrogen-bond donors (Lipinski definition) is 0. The Morgan fingerprint density at radius 1 is 1.06 bits per heavy atom. The first-order chi connectivity index (χ1) is 14.9. The Balaban J connectivity index is 1.28. The number of para-hydroxylation sites is 1. The van der Waals surface area contributed by atoms with Crippen LogP contribution in [0.2, 0.25) is 0 Å². The number of hydrogen-bond acceptors (Lipinski definition) is 5. The molecule has 1 amide bonds. The monoisotopic (exact) mass is 421 g/mol. The molecule has 0 atom stereocenters. The van der Waals surface area contributed by atoms with Crippen LogP contribution < -0.4 is 9.64 Å². The first-order valence-corrected chi connectivity index (χ1v) is 11.1. The summed E-state index contributed by atoms with van der Waals surface area (Å²) in [5.74, 6) is 1.32. The molecule has 4 rings (SSSR count). The van der Waals surface area contributed by atoms with Crippen LogP contribution in [0.15, 0.2) is 42.5 Å². The van der Waals surface area contributed by atoms with E-state index < -0.39 is 0 Å². The molecular formula is C25H31N3O3. The van der Waals surface area contributed by atoms with E-state index in [1.165, 1.54) is 5.56 Å². The lowest BCUT2D eigenvalue weighted by Crippen LogP contribution is -2.48. The standard InChI is InChI=1S/C25H31N3O3/c1-18(2)19-7-9-20(10-8-19)25(30)26(3)11-12-27-13-15-28(16-14-27)22-6-4-5-21-23(29)17-31-24(21)22/h4-10,18H,11-17H2,1-3H3. The number of carbonyl (C=O) groups is 2. The highest BCUT2D eigenvalue weighted by atomic mass is 16.5. The van der Waals surface area contributed by atoms with Crippen molar-refractivity contribution in [2.75, 3.05) is 57.8 Å². The Kier molecular flexibility index (Phi) is 6.28. The molecule has 6 nitrogen and oxygen atoms in total. The number of benzene rings is 2. The fraction of sp³-hybridized carbons (Fsp3) is 0.440. The molecule has 1 saturated heterocycles. The number of nitrogens with zero attached hydrogens (tertiary/aromatic N) is 3. The van der Waals surface area contributed by atoms with E-state index >= 15 is 0 Å². The van der Waals surface area contributed by atoms with Gasteiger partial charge in [-0.3, -0.25) is 14.5 Å². The summed E-state index contributed by atoms with van der Waals surface area (Å²) in [6, 6.07) is 13.8. The molecule has 6 heteroatoms. The number of Topliss-reactive ketones (excluding diaryl/α,β-unsaturated/α-hetero) is 1. The predicted octanol–water partition coefficient (Wildman–Crippen LogP) is 3.28. The van der Waals surface area contributed by atoms with Crippen molar-refractivity contribution in [1.82, 2.24) is 9.80 Å². The second kappa shape index (κ2) is 9.10. The summed E-state index contributed by atoms with van der Waals surface area (Å²) in [6.45, 7) is 9.59. The van der Waals surface area contributed by atoms with Crippen molar-refractivity contribution in [2.24, 2.45) is 0 Å². The summed E-state index contributed by atoms with van der Waals surface area (Å²) in [5.41, 5.74) is 3.70. The van der Waals surface area contributed by atoms with Gasteiger partial charge in [0.25, 0.3) is 5.91 Å². The van der Waals surface area contributed by atoms with Gasteiger partial charge in [0, 0.05) is 51.9 Å². The van der Waals surface area contributed by atoms with Crippen LogP contribution in [0.3, 0.4) is 0 Å². The number of amides is 1. The smallest absolute Gasteiger partial charge is 0.253 e. The molecule has 0 bridgehead atoms. The fourth-order valence-corrected chi connectivity index (χ4v) is 4.20. The number of likely N-dealkylation sites (N-methyl/N-ethyl adjacent to an activating group) is 1. The molecule has 2 aromatic rings. The van der Waals surface area contributed by atoms with Gasteiger partial charge in [-0.2, -0.15) is 0 Å². The third kappa shape index (κ3) is 4.59. The summed E-state index contributed by atoms with van der Waals surface area (Å²) in [6.07, 6.45) is 0. The Hall–Kier alpha value is -2.86. The maximum Gasteiger partial charge on any atom is 0.253 e. The van der Waals surface area contributed by atoms with Crippen LogP contribution in [0, 0.1) is 0 Å². The van der Waals surface area contributed by atoms with Crippen molar-refractivity contribution in [3.8, 4) is 5.75 Å². The third-order valence-electron chi connectivity index (χ3n) is 6.28. The number of ether oxygens (including phenoxy) is 1. The average molecular weight is 422 g/mol. The molecule has 0 saturated carbocycles. The summed E-state index contributed by atoms with van der Waals surface area (Å²) in [5, 5.41) is 0. The van der Waals surface area contributed by atoms with Gasteiger partial charge in [-0.15, -0.1) is 0 Å². The number of ketones is 1. The van der Waals surface area contributed by atoms with E-state index in [0.29, 0.717) is 18.0 Å². The number of piperazine rings is 1. The predicted molar refractivity (Wildman–Crippen MR) is 122 cm³/mol. The SMILES string of the molecule is CC(C)c1ccc(C(=O)N(C)CCN2CCN(c3cccc4c3OCC4=O)CC2)cc1. The highest BCUT2D eigenvalue weighted by molar-refractivity contribution is 6.04. The van der Waals surface area contributed by atoms with Crippen LogP contribution in [0.5, 0.6) is 5.75 Å². The molecule has 2 aromatic carbocycles. The molecule has 1 fully saturated rings. The van der Waals surface area contributed by atoms with Gasteiger partial charge < -0.3 is 14.5 Å². The van der Waals surface area contributed by atoms with Crippen LogP contribution in [-0.4, -0.2) is 74.4 Å². The molecule has 0 radical (unpaired) electrons.